The van der Waals surface area contributed by atoms with Crippen LogP contribution in [0.2, 0.25) is 0 Å². The van der Waals surface area contributed by atoms with Crippen molar-refractivity contribution in [3.8, 4) is 5.75 Å². The second-order valence-electron chi connectivity index (χ2n) is 4.77. The first-order valence-electron chi connectivity index (χ1n) is 6.46. The zero-order chi connectivity index (χ0) is 14.5. The molecule has 1 aliphatic heterocycles. The third-order valence-electron chi connectivity index (χ3n) is 3.21. The Bertz CT molecular complexity index is 490. The number of hydrogen-bond acceptors (Lipinski definition) is 3. The van der Waals surface area contributed by atoms with Crippen molar-refractivity contribution in [2.75, 3.05) is 26.7 Å². The average Bonchev–Trinajstić information content (AvgIpc) is 2.86. The van der Waals surface area contributed by atoms with E-state index in [0.717, 1.165) is 0 Å². The molecule has 0 saturated carbocycles. The van der Waals surface area contributed by atoms with E-state index in [4.69, 9.17) is 4.74 Å². The lowest BCUT2D eigenvalue weighted by molar-refractivity contribution is -0.134. The highest BCUT2D eigenvalue weighted by atomic mass is 19.1. The Morgan fingerprint density at radius 3 is 2.75 bits per heavy atom. The van der Waals surface area contributed by atoms with Crippen molar-refractivity contribution in [3.05, 3.63) is 30.1 Å². The molecule has 0 radical (unpaired) electrons. The highest BCUT2D eigenvalue weighted by molar-refractivity contribution is 5.89. The molecule has 2 rings (SSSR count). The van der Waals surface area contributed by atoms with Crippen LogP contribution >= 0.6 is 0 Å². The van der Waals surface area contributed by atoms with Gasteiger partial charge in [-0.05, 0) is 24.3 Å². The largest absolute Gasteiger partial charge is 0.492 e. The van der Waals surface area contributed by atoms with Crippen molar-refractivity contribution in [3.63, 3.8) is 0 Å². The molecule has 1 aromatic rings. The fourth-order valence-corrected chi connectivity index (χ4v) is 2.03. The molecule has 1 atom stereocenters. The Labute approximate surface area is 116 Å². The summed E-state index contributed by atoms with van der Waals surface area (Å²) < 4.78 is 18.1. The molecule has 0 bridgehead atoms. The van der Waals surface area contributed by atoms with Gasteiger partial charge < -0.3 is 15.0 Å². The minimum atomic E-state index is -0.317. The number of nitrogens with one attached hydrogen (secondary N) is 1. The van der Waals surface area contributed by atoms with Gasteiger partial charge in [-0.2, -0.15) is 0 Å². The molecular formula is C14H17FN2O3. The van der Waals surface area contributed by atoms with Crippen molar-refractivity contribution in [1.82, 2.24) is 10.2 Å². The Morgan fingerprint density at radius 2 is 2.15 bits per heavy atom. The molecular weight excluding hydrogens is 263 g/mol. The van der Waals surface area contributed by atoms with Gasteiger partial charge in [0.05, 0.1) is 12.5 Å². The number of rotatable bonds is 5. The number of likely N-dealkylation sites (N-methyl/N-ethyl adjacent to an activating group) is 1. The van der Waals surface area contributed by atoms with E-state index in [1.54, 1.807) is 11.9 Å². The first-order chi connectivity index (χ1) is 9.56. The Hall–Kier alpha value is -2.11. The molecule has 0 spiro atoms. The molecule has 2 amide bonds. The summed E-state index contributed by atoms with van der Waals surface area (Å²) in [4.78, 5) is 24.6. The molecule has 1 unspecified atom stereocenters. The normalized spacial score (nSPS) is 17.7. The van der Waals surface area contributed by atoms with Crippen LogP contribution in [0.15, 0.2) is 24.3 Å². The zero-order valence-corrected chi connectivity index (χ0v) is 11.3. The van der Waals surface area contributed by atoms with E-state index in [2.05, 4.69) is 5.32 Å². The average molecular weight is 280 g/mol. The van der Waals surface area contributed by atoms with Gasteiger partial charge in [0.2, 0.25) is 11.8 Å². The van der Waals surface area contributed by atoms with Crippen molar-refractivity contribution in [1.29, 1.82) is 0 Å². The molecule has 1 N–H and O–H groups in total. The van der Waals surface area contributed by atoms with E-state index in [9.17, 15) is 14.0 Å². The van der Waals surface area contributed by atoms with Gasteiger partial charge >= 0.3 is 0 Å². The number of hydrogen-bond donors (Lipinski definition) is 1. The number of nitrogens with zero attached hydrogens (tertiary/aromatic N) is 1. The molecule has 6 heteroatoms. The lowest BCUT2D eigenvalue weighted by Crippen LogP contribution is -2.36. The van der Waals surface area contributed by atoms with Gasteiger partial charge in [-0.25, -0.2) is 4.39 Å². The molecule has 1 aliphatic rings. The van der Waals surface area contributed by atoms with Gasteiger partial charge in [-0.1, -0.05) is 0 Å². The number of carbonyl (C=O) groups is 2. The maximum absolute atomic E-state index is 12.7. The van der Waals surface area contributed by atoms with Crippen LogP contribution in [-0.4, -0.2) is 43.5 Å². The summed E-state index contributed by atoms with van der Waals surface area (Å²) >= 11 is 0. The monoisotopic (exact) mass is 280 g/mol. The lowest BCUT2D eigenvalue weighted by atomic mass is 10.1. The van der Waals surface area contributed by atoms with Gasteiger partial charge in [0.25, 0.3) is 0 Å². The van der Waals surface area contributed by atoms with Crippen LogP contribution in [0.25, 0.3) is 0 Å². The van der Waals surface area contributed by atoms with Gasteiger partial charge in [0.1, 0.15) is 18.2 Å². The number of ether oxygens (including phenoxy) is 1. The van der Waals surface area contributed by atoms with Crippen LogP contribution in [0.4, 0.5) is 4.39 Å². The summed E-state index contributed by atoms with van der Waals surface area (Å²) in [6, 6.07) is 5.72. The van der Waals surface area contributed by atoms with Crippen molar-refractivity contribution < 1.29 is 18.7 Å². The fourth-order valence-electron chi connectivity index (χ4n) is 2.03. The Morgan fingerprint density at radius 1 is 1.45 bits per heavy atom. The fraction of sp³-hybridized carbons (Fsp3) is 0.429. The van der Waals surface area contributed by atoms with Crippen LogP contribution in [0, 0.1) is 11.7 Å². The van der Waals surface area contributed by atoms with Gasteiger partial charge in [-0.3, -0.25) is 9.59 Å². The number of amides is 2. The summed E-state index contributed by atoms with van der Waals surface area (Å²) in [7, 11) is 1.68. The smallest absolute Gasteiger partial charge is 0.227 e. The molecule has 0 aromatic heterocycles. The molecule has 20 heavy (non-hydrogen) atoms. The van der Waals surface area contributed by atoms with Crippen LogP contribution in [0.1, 0.15) is 6.42 Å². The standard InChI is InChI=1S/C14H17FN2O3/c1-17(14(19)10-8-13(18)16-9-10)6-7-20-12-4-2-11(15)3-5-12/h2-5,10H,6-9H2,1H3,(H,16,18). The zero-order valence-electron chi connectivity index (χ0n) is 11.3. The minimum absolute atomic E-state index is 0.0638. The topological polar surface area (TPSA) is 58.6 Å². The Kier molecular flexibility index (Phi) is 4.55. The summed E-state index contributed by atoms with van der Waals surface area (Å²) in [5, 5.41) is 2.64. The van der Waals surface area contributed by atoms with Gasteiger partial charge in [0, 0.05) is 20.0 Å². The van der Waals surface area contributed by atoms with E-state index in [0.29, 0.717) is 25.4 Å². The van der Waals surface area contributed by atoms with E-state index >= 15 is 0 Å². The van der Waals surface area contributed by atoms with Crippen molar-refractivity contribution in [2.24, 2.45) is 5.92 Å². The maximum Gasteiger partial charge on any atom is 0.227 e. The third-order valence-corrected chi connectivity index (χ3v) is 3.21. The van der Waals surface area contributed by atoms with Crippen molar-refractivity contribution in [2.45, 2.75) is 6.42 Å². The summed E-state index contributed by atoms with van der Waals surface area (Å²) in [6.07, 6.45) is 0.252. The van der Waals surface area contributed by atoms with E-state index in [-0.39, 0.29) is 30.0 Å². The van der Waals surface area contributed by atoms with Crippen LogP contribution in [0.3, 0.4) is 0 Å². The van der Waals surface area contributed by atoms with Gasteiger partial charge in [-0.15, -0.1) is 0 Å². The highest BCUT2D eigenvalue weighted by Crippen LogP contribution is 2.13. The van der Waals surface area contributed by atoms with E-state index < -0.39 is 0 Å². The second kappa shape index (κ2) is 6.36. The van der Waals surface area contributed by atoms with Crippen molar-refractivity contribution >= 4 is 11.8 Å². The molecule has 5 nitrogen and oxygen atoms in total. The predicted octanol–water partition coefficient (Wildman–Crippen LogP) is 0.799. The van der Waals surface area contributed by atoms with Crippen LogP contribution in [0.5, 0.6) is 5.75 Å². The minimum Gasteiger partial charge on any atom is -0.492 e. The summed E-state index contributed by atoms with van der Waals surface area (Å²) in [6.45, 7) is 1.14. The first-order valence-corrected chi connectivity index (χ1v) is 6.46. The quantitative estimate of drug-likeness (QED) is 0.868. The number of halogens is 1. The predicted molar refractivity (Wildman–Crippen MR) is 70.6 cm³/mol. The molecule has 1 heterocycles. The number of benzene rings is 1. The second-order valence-corrected chi connectivity index (χ2v) is 4.77. The lowest BCUT2D eigenvalue weighted by Gasteiger charge is -2.20. The van der Waals surface area contributed by atoms with Crippen LogP contribution in [-0.2, 0) is 9.59 Å². The molecule has 0 aliphatic carbocycles. The molecule has 1 aromatic carbocycles. The maximum atomic E-state index is 12.7. The SMILES string of the molecule is CN(CCOc1ccc(F)cc1)C(=O)C1CNC(=O)C1. The molecule has 1 saturated heterocycles. The third kappa shape index (κ3) is 3.69. The Balaban J connectivity index is 1.74. The first kappa shape index (κ1) is 14.3. The van der Waals surface area contributed by atoms with E-state index in [1.165, 1.54) is 24.3 Å². The van der Waals surface area contributed by atoms with E-state index in [1.807, 2.05) is 0 Å². The summed E-state index contributed by atoms with van der Waals surface area (Å²) in [5.41, 5.74) is 0. The number of carbonyl (C=O) groups excluding carboxylic acids is 2. The van der Waals surface area contributed by atoms with Crippen LogP contribution < -0.4 is 10.1 Å². The molecule has 1 fully saturated rings. The van der Waals surface area contributed by atoms with Gasteiger partial charge in [0.15, 0.2) is 0 Å². The highest BCUT2D eigenvalue weighted by Gasteiger charge is 2.29. The summed E-state index contributed by atoms with van der Waals surface area (Å²) in [5.74, 6) is -0.184. The molecule has 108 valence electrons.